The molecule has 288 valence electrons. The van der Waals surface area contributed by atoms with E-state index in [2.05, 4.69) is 169 Å². The molecular formula is C56H37N3O2. The van der Waals surface area contributed by atoms with Crippen LogP contribution in [0, 0.1) is 0 Å². The molecule has 1 aliphatic heterocycles. The van der Waals surface area contributed by atoms with Gasteiger partial charge in [-0.05, 0) is 122 Å². The summed E-state index contributed by atoms with van der Waals surface area (Å²) < 4.78 is 13.0. The molecule has 1 N–H and O–H groups in total. The number of aliphatic imine (C=N–C) groups is 2. The number of aryl methyl sites for hydroxylation is 1. The molecule has 5 nitrogen and oxygen atoms in total. The molecule has 0 radical (unpaired) electrons. The molecule has 2 aromatic heterocycles. The molecule has 2 aliphatic rings. The Morgan fingerprint density at radius 1 is 0.475 bits per heavy atom. The van der Waals surface area contributed by atoms with Crippen LogP contribution in [-0.2, 0) is 6.42 Å². The fourth-order valence-corrected chi connectivity index (χ4v) is 10.0. The van der Waals surface area contributed by atoms with Crippen molar-refractivity contribution >= 4 is 77.1 Å². The SMILES string of the molecule is c1ccc2c(c1)-c1cc3ccccc3cc1CC[C@H]2c1cc(C2=NC(c3ccc4oc5ccccc5c4c3)=NC(c3ccc4ccccc4c3)N2)cc2oc3ccccc3c12. The first-order chi connectivity index (χ1) is 30.2. The summed E-state index contributed by atoms with van der Waals surface area (Å²) in [6.45, 7) is 0. The second-order valence-corrected chi connectivity index (χ2v) is 16.4. The van der Waals surface area contributed by atoms with Crippen LogP contribution in [-0.4, -0.2) is 11.7 Å². The van der Waals surface area contributed by atoms with Crippen molar-refractivity contribution in [3.8, 4) is 11.1 Å². The lowest BCUT2D eigenvalue weighted by Gasteiger charge is -2.25. The zero-order valence-corrected chi connectivity index (χ0v) is 33.1. The van der Waals surface area contributed by atoms with Crippen molar-refractivity contribution in [2.45, 2.75) is 24.9 Å². The molecule has 61 heavy (non-hydrogen) atoms. The largest absolute Gasteiger partial charge is 0.456 e. The van der Waals surface area contributed by atoms with Crippen molar-refractivity contribution in [3.05, 3.63) is 215 Å². The van der Waals surface area contributed by atoms with E-state index in [1.165, 1.54) is 49.4 Å². The minimum Gasteiger partial charge on any atom is -0.456 e. The van der Waals surface area contributed by atoms with Gasteiger partial charge in [0.25, 0.3) is 0 Å². The number of hydrogen-bond donors (Lipinski definition) is 1. The van der Waals surface area contributed by atoms with Gasteiger partial charge in [0.2, 0.25) is 0 Å². The highest BCUT2D eigenvalue weighted by molar-refractivity contribution is 6.17. The molecule has 1 aliphatic carbocycles. The number of fused-ring (bicyclic) bond motifs is 11. The maximum absolute atomic E-state index is 6.78. The van der Waals surface area contributed by atoms with Crippen LogP contribution in [0.5, 0.6) is 0 Å². The van der Waals surface area contributed by atoms with Crippen LogP contribution in [0.1, 0.15) is 51.9 Å². The summed E-state index contributed by atoms with van der Waals surface area (Å²) in [5.74, 6) is 1.51. The lowest BCUT2D eigenvalue weighted by molar-refractivity contribution is 0.664. The maximum Gasteiger partial charge on any atom is 0.159 e. The molecule has 0 saturated carbocycles. The van der Waals surface area contributed by atoms with E-state index in [9.17, 15) is 0 Å². The quantitative estimate of drug-likeness (QED) is 0.193. The molecule has 11 aromatic rings. The molecule has 0 bridgehead atoms. The number of amidine groups is 2. The summed E-state index contributed by atoms with van der Waals surface area (Å²) in [4.78, 5) is 10.7. The molecule has 0 amide bonds. The van der Waals surface area contributed by atoms with E-state index in [1.54, 1.807) is 0 Å². The standard InChI is InChI=1S/C56H37N3O2/c1-2-12-34-28-38(22-21-33(34)11-1)54-57-55(39-24-26-51-47(30-39)44-17-7-9-19-49(44)60-51)59-56(58-54)40-31-48(53-45-18-8-10-20-50(45)61-52(53)32-40)43-25-23-37-27-35-13-3-4-14-36(35)29-46(37)42-16-6-5-15-41(42)43/h1-22,24,26-32,43,54H,23,25H2,(H,57,58,59)/t43-,54?/m1/s1. The van der Waals surface area contributed by atoms with Crippen LogP contribution < -0.4 is 5.32 Å². The highest BCUT2D eigenvalue weighted by atomic mass is 16.3. The first-order valence-electron chi connectivity index (χ1n) is 21.1. The zero-order valence-electron chi connectivity index (χ0n) is 33.1. The van der Waals surface area contributed by atoms with Gasteiger partial charge in [-0.15, -0.1) is 0 Å². The molecule has 5 heteroatoms. The number of para-hydroxylation sites is 2. The van der Waals surface area contributed by atoms with Gasteiger partial charge in [-0.25, -0.2) is 9.98 Å². The Balaban J connectivity index is 1.01. The van der Waals surface area contributed by atoms with E-state index in [-0.39, 0.29) is 12.1 Å². The van der Waals surface area contributed by atoms with Gasteiger partial charge in [-0.1, -0.05) is 127 Å². The monoisotopic (exact) mass is 783 g/mol. The van der Waals surface area contributed by atoms with Crippen LogP contribution in [0.2, 0.25) is 0 Å². The molecule has 1 unspecified atom stereocenters. The molecule has 0 saturated heterocycles. The van der Waals surface area contributed by atoms with E-state index in [0.717, 1.165) is 79.2 Å². The molecular weight excluding hydrogens is 747 g/mol. The highest BCUT2D eigenvalue weighted by Gasteiger charge is 2.29. The Morgan fingerprint density at radius 2 is 1.16 bits per heavy atom. The van der Waals surface area contributed by atoms with Gasteiger partial charge in [-0.3, -0.25) is 0 Å². The fraction of sp³-hybridized carbons (Fsp3) is 0.0714. The third-order valence-electron chi connectivity index (χ3n) is 12.9. The normalized spacial score (nSPS) is 16.4. The second-order valence-electron chi connectivity index (χ2n) is 16.4. The van der Waals surface area contributed by atoms with Crippen molar-refractivity contribution in [2.24, 2.45) is 9.98 Å². The summed E-state index contributed by atoms with van der Waals surface area (Å²) in [5, 5.41) is 13.1. The minimum atomic E-state index is -0.388. The van der Waals surface area contributed by atoms with Gasteiger partial charge < -0.3 is 14.2 Å². The van der Waals surface area contributed by atoms with Crippen molar-refractivity contribution in [1.82, 2.24) is 5.32 Å². The van der Waals surface area contributed by atoms with Gasteiger partial charge in [0.15, 0.2) is 5.84 Å². The number of rotatable bonds is 4. The van der Waals surface area contributed by atoms with Gasteiger partial charge in [0.1, 0.15) is 34.3 Å². The van der Waals surface area contributed by atoms with E-state index in [4.69, 9.17) is 18.8 Å². The first-order valence-corrected chi connectivity index (χ1v) is 21.1. The van der Waals surface area contributed by atoms with Crippen molar-refractivity contribution in [2.75, 3.05) is 0 Å². The molecule has 2 atom stereocenters. The van der Waals surface area contributed by atoms with Crippen LogP contribution in [0.25, 0.3) is 76.5 Å². The second kappa shape index (κ2) is 13.4. The lowest BCUT2D eigenvalue weighted by atomic mass is 9.83. The summed E-state index contributed by atoms with van der Waals surface area (Å²) in [6, 6.07) is 65.0. The zero-order chi connectivity index (χ0) is 40.0. The Labute approximate surface area is 351 Å². The van der Waals surface area contributed by atoms with Crippen molar-refractivity contribution in [3.63, 3.8) is 0 Å². The summed E-state index contributed by atoms with van der Waals surface area (Å²) in [7, 11) is 0. The minimum absolute atomic E-state index is 0.0977. The number of benzene rings is 9. The number of nitrogens with one attached hydrogen (secondary N) is 1. The van der Waals surface area contributed by atoms with Crippen LogP contribution in [0.3, 0.4) is 0 Å². The predicted molar refractivity (Wildman–Crippen MR) is 250 cm³/mol. The Morgan fingerprint density at radius 3 is 2.03 bits per heavy atom. The summed E-state index contributed by atoms with van der Waals surface area (Å²) in [6.07, 6.45) is 1.51. The van der Waals surface area contributed by atoms with Crippen LogP contribution in [0.4, 0.5) is 0 Å². The van der Waals surface area contributed by atoms with E-state index in [0.29, 0.717) is 5.84 Å². The Hall–Kier alpha value is -7.76. The maximum atomic E-state index is 6.78. The highest BCUT2D eigenvalue weighted by Crippen LogP contribution is 2.46. The molecule has 13 rings (SSSR count). The van der Waals surface area contributed by atoms with Gasteiger partial charge in [-0.2, -0.15) is 0 Å². The van der Waals surface area contributed by atoms with Crippen LogP contribution in [0.15, 0.2) is 201 Å². The first kappa shape index (κ1) is 34.1. The number of furan rings is 2. The third kappa shape index (κ3) is 5.54. The summed E-state index contributed by atoms with van der Waals surface area (Å²) >= 11 is 0. The lowest BCUT2D eigenvalue weighted by Crippen LogP contribution is -2.33. The van der Waals surface area contributed by atoms with Gasteiger partial charge in [0.05, 0.1) is 0 Å². The summed E-state index contributed by atoms with van der Waals surface area (Å²) in [5.41, 5.74) is 12.9. The Bertz CT molecular complexity index is 3660. The average Bonchev–Trinajstić information content (AvgIpc) is 3.84. The van der Waals surface area contributed by atoms with Crippen LogP contribution >= 0.6 is 0 Å². The number of nitrogens with zero attached hydrogens (tertiary/aromatic N) is 2. The molecule has 3 heterocycles. The fourth-order valence-electron chi connectivity index (χ4n) is 10.0. The molecule has 9 aromatic carbocycles. The third-order valence-corrected chi connectivity index (χ3v) is 12.9. The van der Waals surface area contributed by atoms with Gasteiger partial charge in [0, 0.05) is 38.6 Å². The predicted octanol–water partition coefficient (Wildman–Crippen LogP) is 14.0. The van der Waals surface area contributed by atoms with Gasteiger partial charge >= 0.3 is 0 Å². The Kier molecular flexibility index (Phi) is 7.49. The van der Waals surface area contributed by atoms with Crippen molar-refractivity contribution < 1.29 is 8.83 Å². The molecule has 0 fully saturated rings. The number of hydrogen-bond acceptors (Lipinski definition) is 5. The van der Waals surface area contributed by atoms with E-state index in [1.807, 2.05) is 18.2 Å². The molecule has 0 spiro atoms. The van der Waals surface area contributed by atoms with E-state index >= 15 is 0 Å². The van der Waals surface area contributed by atoms with E-state index < -0.39 is 0 Å². The smallest absolute Gasteiger partial charge is 0.159 e. The average molecular weight is 784 g/mol. The topological polar surface area (TPSA) is 63.0 Å². The van der Waals surface area contributed by atoms with Crippen molar-refractivity contribution in [1.29, 1.82) is 0 Å².